The monoisotopic (exact) mass is 266 g/mol. The summed E-state index contributed by atoms with van der Waals surface area (Å²) in [6.07, 6.45) is 3.49. The molecule has 0 fully saturated rings. The molecule has 0 aliphatic rings. The Labute approximate surface area is 121 Å². The van der Waals surface area contributed by atoms with Crippen molar-refractivity contribution in [2.24, 2.45) is 0 Å². The number of aryl methyl sites for hydroxylation is 3. The number of ketones is 1. The maximum Gasteiger partial charge on any atom is 0.193 e. The molecule has 0 amide bonds. The molecule has 0 saturated heterocycles. The van der Waals surface area contributed by atoms with Gasteiger partial charge in [-0.1, -0.05) is 54.8 Å². The van der Waals surface area contributed by atoms with Gasteiger partial charge in [0.05, 0.1) is 0 Å². The normalized spacial score (nSPS) is 10.6. The van der Waals surface area contributed by atoms with Crippen LogP contribution in [0.3, 0.4) is 0 Å². The molecule has 1 heteroatoms. The first-order valence-electron chi connectivity index (χ1n) is 7.32. The van der Waals surface area contributed by atoms with Crippen molar-refractivity contribution in [1.82, 2.24) is 0 Å². The number of carbonyl (C=O) groups is 1. The fourth-order valence-corrected chi connectivity index (χ4v) is 2.48. The summed E-state index contributed by atoms with van der Waals surface area (Å²) >= 11 is 0. The standard InChI is InChI=1S/C19H22O/c1-4-5-6-16-7-9-17(10-8-16)19(20)18-12-14(2)11-15(3)13-18/h7-13H,4-6H2,1-3H3. The Hall–Kier alpha value is -1.89. The van der Waals surface area contributed by atoms with Gasteiger partial charge in [-0.25, -0.2) is 0 Å². The van der Waals surface area contributed by atoms with E-state index in [9.17, 15) is 4.79 Å². The molecule has 2 aromatic carbocycles. The molecule has 0 aliphatic carbocycles. The van der Waals surface area contributed by atoms with Crippen LogP contribution in [-0.2, 0) is 6.42 Å². The molecule has 2 aromatic rings. The van der Waals surface area contributed by atoms with Crippen molar-refractivity contribution in [3.8, 4) is 0 Å². The van der Waals surface area contributed by atoms with Gasteiger partial charge in [0.25, 0.3) is 0 Å². The quantitative estimate of drug-likeness (QED) is 0.705. The minimum Gasteiger partial charge on any atom is -0.289 e. The second kappa shape index (κ2) is 6.51. The molecule has 0 spiro atoms. The van der Waals surface area contributed by atoms with Crippen LogP contribution in [0.4, 0.5) is 0 Å². The number of unbranched alkanes of at least 4 members (excludes halogenated alkanes) is 1. The molecular weight excluding hydrogens is 244 g/mol. The molecule has 2 rings (SSSR count). The van der Waals surface area contributed by atoms with E-state index in [0.29, 0.717) is 0 Å². The van der Waals surface area contributed by atoms with Gasteiger partial charge in [0.15, 0.2) is 5.78 Å². The Morgan fingerprint density at radius 3 is 2.05 bits per heavy atom. The van der Waals surface area contributed by atoms with Gasteiger partial charge in [-0.3, -0.25) is 4.79 Å². The van der Waals surface area contributed by atoms with Crippen molar-refractivity contribution < 1.29 is 4.79 Å². The zero-order chi connectivity index (χ0) is 14.5. The Balaban J connectivity index is 2.20. The fraction of sp³-hybridized carbons (Fsp3) is 0.316. The number of rotatable bonds is 5. The van der Waals surface area contributed by atoms with Gasteiger partial charge < -0.3 is 0 Å². The first-order valence-corrected chi connectivity index (χ1v) is 7.32. The Morgan fingerprint density at radius 2 is 1.50 bits per heavy atom. The van der Waals surface area contributed by atoms with E-state index >= 15 is 0 Å². The smallest absolute Gasteiger partial charge is 0.193 e. The van der Waals surface area contributed by atoms with Crippen molar-refractivity contribution in [3.63, 3.8) is 0 Å². The van der Waals surface area contributed by atoms with Gasteiger partial charge in [0, 0.05) is 11.1 Å². The van der Waals surface area contributed by atoms with Crippen LogP contribution in [0.2, 0.25) is 0 Å². The Morgan fingerprint density at radius 1 is 0.900 bits per heavy atom. The van der Waals surface area contributed by atoms with Gasteiger partial charge in [-0.15, -0.1) is 0 Å². The third-order valence-electron chi connectivity index (χ3n) is 3.52. The molecule has 0 bridgehead atoms. The van der Waals surface area contributed by atoms with Crippen LogP contribution in [0.15, 0.2) is 42.5 Å². The zero-order valence-electron chi connectivity index (χ0n) is 12.6. The first kappa shape index (κ1) is 14.5. The fourth-order valence-electron chi connectivity index (χ4n) is 2.48. The first-order chi connectivity index (χ1) is 9.60. The van der Waals surface area contributed by atoms with Crippen LogP contribution in [0.25, 0.3) is 0 Å². The number of carbonyl (C=O) groups excluding carboxylic acids is 1. The summed E-state index contributed by atoms with van der Waals surface area (Å²) in [4.78, 5) is 12.5. The molecule has 0 N–H and O–H groups in total. The molecule has 0 saturated carbocycles. The third kappa shape index (κ3) is 3.57. The summed E-state index contributed by atoms with van der Waals surface area (Å²) in [5.74, 6) is 0.110. The van der Waals surface area contributed by atoms with E-state index in [-0.39, 0.29) is 5.78 Å². The van der Waals surface area contributed by atoms with E-state index in [2.05, 4.69) is 25.1 Å². The SMILES string of the molecule is CCCCc1ccc(C(=O)c2cc(C)cc(C)c2)cc1. The minimum absolute atomic E-state index is 0.110. The Bertz CT molecular complexity index is 573. The lowest BCUT2D eigenvalue weighted by Gasteiger charge is -2.06. The molecule has 1 nitrogen and oxygen atoms in total. The average Bonchev–Trinajstić information content (AvgIpc) is 2.44. The maximum absolute atomic E-state index is 12.5. The van der Waals surface area contributed by atoms with Crippen molar-refractivity contribution in [2.45, 2.75) is 40.0 Å². The van der Waals surface area contributed by atoms with Gasteiger partial charge in [0.2, 0.25) is 0 Å². The largest absolute Gasteiger partial charge is 0.289 e. The zero-order valence-corrected chi connectivity index (χ0v) is 12.6. The minimum atomic E-state index is 0.110. The molecule has 0 radical (unpaired) electrons. The van der Waals surface area contributed by atoms with Crippen LogP contribution >= 0.6 is 0 Å². The predicted octanol–water partition coefficient (Wildman–Crippen LogP) is 4.88. The van der Waals surface area contributed by atoms with E-state index in [4.69, 9.17) is 0 Å². The van der Waals surface area contributed by atoms with Crippen LogP contribution < -0.4 is 0 Å². The van der Waals surface area contributed by atoms with Gasteiger partial charge in [-0.2, -0.15) is 0 Å². The molecule has 0 atom stereocenters. The summed E-state index contributed by atoms with van der Waals surface area (Å²) in [7, 11) is 0. The molecule has 20 heavy (non-hydrogen) atoms. The van der Waals surface area contributed by atoms with Gasteiger partial charge >= 0.3 is 0 Å². The summed E-state index contributed by atoms with van der Waals surface area (Å²) in [5, 5.41) is 0. The van der Waals surface area contributed by atoms with Crippen LogP contribution in [0.1, 0.15) is 52.4 Å². The van der Waals surface area contributed by atoms with Crippen LogP contribution in [-0.4, -0.2) is 5.78 Å². The van der Waals surface area contributed by atoms with Crippen LogP contribution in [0, 0.1) is 13.8 Å². The average molecular weight is 266 g/mol. The lowest BCUT2D eigenvalue weighted by atomic mass is 9.98. The Kier molecular flexibility index (Phi) is 4.73. The topological polar surface area (TPSA) is 17.1 Å². The second-order valence-corrected chi connectivity index (χ2v) is 5.51. The van der Waals surface area contributed by atoms with Crippen molar-refractivity contribution in [1.29, 1.82) is 0 Å². The highest BCUT2D eigenvalue weighted by molar-refractivity contribution is 6.09. The molecule has 0 unspecified atom stereocenters. The van der Waals surface area contributed by atoms with E-state index in [1.165, 1.54) is 18.4 Å². The highest BCUT2D eigenvalue weighted by Gasteiger charge is 2.09. The summed E-state index contributed by atoms with van der Waals surface area (Å²) in [6.45, 7) is 6.24. The van der Waals surface area contributed by atoms with Gasteiger partial charge in [0.1, 0.15) is 0 Å². The van der Waals surface area contributed by atoms with Crippen LogP contribution in [0.5, 0.6) is 0 Å². The van der Waals surface area contributed by atoms with Gasteiger partial charge in [-0.05, 0) is 44.4 Å². The lowest BCUT2D eigenvalue weighted by molar-refractivity contribution is 0.103. The van der Waals surface area contributed by atoms with E-state index in [0.717, 1.165) is 28.7 Å². The van der Waals surface area contributed by atoms with Crippen molar-refractivity contribution in [3.05, 3.63) is 70.3 Å². The lowest BCUT2D eigenvalue weighted by Crippen LogP contribution is -2.02. The second-order valence-electron chi connectivity index (χ2n) is 5.51. The van der Waals surface area contributed by atoms with E-state index in [1.54, 1.807) is 0 Å². The highest BCUT2D eigenvalue weighted by Crippen LogP contribution is 2.15. The molecular formula is C19H22O. The van der Waals surface area contributed by atoms with E-state index in [1.807, 2.05) is 38.1 Å². The summed E-state index contributed by atoms with van der Waals surface area (Å²) < 4.78 is 0. The number of benzene rings is 2. The predicted molar refractivity (Wildman–Crippen MR) is 84.4 cm³/mol. The summed E-state index contributed by atoms with van der Waals surface area (Å²) in [5.41, 5.74) is 5.13. The number of hydrogen-bond acceptors (Lipinski definition) is 1. The molecule has 0 heterocycles. The highest BCUT2D eigenvalue weighted by atomic mass is 16.1. The molecule has 0 aliphatic heterocycles. The third-order valence-corrected chi connectivity index (χ3v) is 3.52. The summed E-state index contributed by atoms with van der Waals surface area (Å²) in [6, 6.07) is 14.1. The molecule has 104 valence electrons. The maximum atomic E-state index is 12.5. The van der Waals surface area contributed by atoms with Crippen molar-refractivity contribution >= 4 is 5.78 Å². The van der Waals surface area contributed by atoms with Crippen molar-refractivity contribution in [2.75, 3.05) is 0 Å². The van der Waals surface area contributed by atoms with E-state index < -0.39 is 0 Å². The number of hydrogen-bond donors (Lipinski definition) is 0. The molecule has 0 aromatic heterocycles.